The summed E-state index contributed by atoms with van der Waals surface area (Å²) in [6.07, 6.45) is 6.44. The van der Waals surface area contributed by atoms with Gasteiger partial charge in [-0.2, -0.15) is 10.4 Å². The van der Waals surface area contributed by atoms with Crippen LogP contribution < -0.4 is 5.32 Å². The van der Waals surface area contributed by atoms with Gasteiger partial charge in [0.25, 0.3) is 0 Å². The van der Waals surface area contributed by atoms with Crippen LogP contribution in [0, 0.1) is 16.7 Å². The van der Waals surface area contributed by atoms with E-state index in [1.54, 1.807) is 10.9 Å². The van der Waals surface area contributed by atoms with Crippen molar-refractivity contribution >= 4 is 5.91 Å². The fraction of sp³-hybridized carbons (Fsp3) is 0.667. The number of nitrogens with zero attached hydrogens (tertiary/aromatic N) is 3. The summed E-state index contributed by atoms with van der Waals surface area (Å²) in [6, 6.07) is 4.04. The molecule has 1 rings (SSSR count). The van der Waals surface area contributed by atoms with Gasteiger partial charge < -0.3 is 5.32 Å². The van der Waals surface area contributed by atoms with Gasteiger partial charge in [0, 0.05) is 18.4 Å². The van der Waals surface area contributed by atoms with Gasteiger partial charge in [-0.1, -0.05) is 26.7 Å². The van der Waals surface area contributed by atoms with E-state index in [9.17, 15) is 10.1 Å². The molecule has 1 heterocycles. The maximum Gasteiger partial charge on any atom is 0.240 e. The molecule has 1 aromatic rings. The van der Waals surface area contributed by atoms with Crippen LogP contribution in [-0.2, 0) is 11.3 Å². The fourth-order valence-electron chi connectivity index (χ4n) is 2.46. The monoisotopic (exact) mass is 276 g/mol. The maximum absolute atomic E-state index is 12.5. The Morgan fingerprint density at radius 1 is 1.45 bits per heavy atom. The van der Waals surface area contributed by atoms with Crippen molar-refractivity contribution in [3.05, 3.63) is 18.5 Å². The number of hydrogen-bond donors (Lipinski definition) is 1. The summed E-state index contributed by atoms with van der Waals surface area (Å²) < 4.78 is 1.78. The van der Waals surface area contributed by atoms with Gasteiger partial charge in [0.05, 0.1) is 12.6 Å². The molecule has 1 atom stereocenters. The van der Waals surface area contributed by atoms with Gasteiger partial charge in [-0.25, -0.2) is 0 Å². The molecular weight excluding hydrogens is 252 g/mol. The molecule has 110 valence electrons. The van der Waals surface area contributed by atoms with Crippen LogP contribution in [0.25, 0.3) is 0 Å². The van der Waals surface area contributed by atoms with E-state index < -0.39 is 5.41 Å². The first-order valence-electron chi connectivity index (χ1n) is 7.27. The zero-order valence-electron chi connectivity index (χ0n) is 12.6. The van der Waals surface area contributed by atoms with Gasteiger partial charge in [0.15, 0.2) is 0 Å². The van der Waals surface area contributed by atoms with E-state index in [2.05, 4.69) is 16.5 Å². The van der Waals surface area contributed by atoms with Crippen molar-refractivity contribution in [2.45, 2.75) is 59.0 Å². The number of nitriles is 1. The zero-order chi connectivity index (χ0) is 15.0. The lowest BCUT2D eigenvalue weighted by Gasteiger charge is -2.26. The van der Waals surface area contributed by atoms with Crippen LogP contribution in [0.2, 0.25) is 0 Å². The lowest BCUT2D eigenvalue weighted by atomic mass is 9.79. The fourth-order valence-corrected chi connectivity index (χ4v) is 2.46. The summed E-state index contributed by atoms with van der Waals surface area (Å²) >= 11 is 0. The van der Waals surface area contributed by atoms with Gasteiger partial charge in [-0.05, 0) is 25.8 Å². The van der Waals surface area contributed by atoms with Gasteiger partial charge in [0.2, 0.25) is 5.91 Å². The molecule has 1 aromatic heterocycles. The second kappa shape index (κ2) is 7.68. The Labute approximate surface area is 121 Å². The van der Waals surface area contributed by atoms with E-state index in [1.165, 1.54) is 0 Å². The summed E-state index contributed by atoms with van der Waals surface area (Å²) in [5.74, 6) is -0.150. The number of aromatic nitrogens is 2. The second-order valence-corrected chi connectivity index (χ2v) is 5.30. The van der Waals surface area contributed by atoms with Crippen LogP contribution >= 0.6 is 0 Å². The predicted molar refractivity (Wildman–Crippen MR) is 77.7 cm³/mol. The summed E-state index contributed by atoms with van der Waals surface area (Å²) in [7, 11) is 0. The highest BCUT2D eigenvalue weighted by Gasteiger charge is 2.37. The highest BCUT2D eigenvalue weighted by Crippen LogP contribution is 2.29. The van der Waals surface area contributed by atoms with Crippen molar-refractivity contribution in [2.75, 3.05) is 0 Å². The molecule has 20 heavy (non-hydrogen) atoms. The van der Waals surface area contributed by atoms with E-state index in [1.807, 2.05) is 33.0 Å². The minimum Gasteiger partial charge on any atom is -0.350 e. The molecule has 0 saturated heterocycles. The molecule has 1 amide bonds. The lowest BCUT2D eigenvalue weighted by Crippen LogP contribution is -2.45. The van der Waals surface area contributed by atoms with Crippen molar-refractivity contribution in [3.63, 3.8) is 0 Å². The smallest absolute Gasteiger partial charge is 0.240 e. The van der Waals surface area contributed by atoms with Crippen LogP contribution in [0.4, 0.5) is 0 Å². The average molecular weight is 276 g/mol. The van der Waals surface area contributed by atoms with E-state index in [4.69, 9.17) is 0 Å². The summed E-state index contributed by atoms with van der Waals surface area (Å²) in [6.45, 7) is 6.54. The molecule has 1 N–H and O–H groups in total. The quantitative estimate of drug-likeness (QED) is 0.793. The van der Waals surface area contributed by atoms with Crippen molar-refractivity contribution in [2.24, 2.45) is 5.41 Å². The molecule has 0 aliphatic rings. The minimum absolute atomic E-state index is 0.0520. The maximum atomic E-state index is 12.5. The first kappa shape index (κ1) is 16.2. The van der Waals surface area contributed by atoms with Gasteiger partial charge in [-0.3, -0.25) is 9.48 Å². The van der Waals surface area contributed by atoms with Crippen LogP contribution in [-0.4, -0.2) is 21.7 Å². The predicted octanol–water partition coefficient (Wildman–Crippen LogP) is 2.50. The van der Waals surface area contributed by atoms with Gasteiger partial charge >= 0.3 is 0 Å². The largest absolute Gasteiger partial charge is 0.350 e. The second-order valence-electron chi connectivity index (χ2n) is 5.30. The number of hydrogen-bond acceptors (Lipinski definition) is 3. The minimum atomic E-state index is -0.887. The molecule has 0 aromatic carbocycles. The van der Waals surface area contributed by atoms with E-state index in [0.29, 0.717) is 19.4 Å². The normalized spacial score (nSPS) is 12.7. The zero-order valence-corrected chi connectivity index (χ0v) is 12.6. The Morgan fingerprint density at radius 3 is 2.55 bits per heavy atom. The van der Waals surface area contributed by atoms with Gasteiger partial charge in [0.1, 0.15) is 5.41 Å². The highest BCUT2D eigenvalue weighted by molar-refractivity contribution is 5.85. The molecule has 0 radical (unpaired) electrons. The van der Waals surface area contributed by atoms with Crippen molar-refractivity contribution < 1.29 is 4.79 Å². The highest BCUT2D eigenvalue weighted by atomic mass is 16.2. The molecule has 0 saturated carbocycles. The number of carbonyl (C=O) groups excluding carboxylic acids is 1. The molecular formula is C15H24N4O. The number of rotatable bonds is 8. The molecule has 0 spiro atoms. The van der Waals surface area contributed by atoms with E-state index in [0.717, 1.165) is 12.8 Å². The van der Waals surface area contributed by atoms with Crippen molar-refractivity contribution in [3.8, 4) is 6.07 Å². The van der Waals surface area contributed by atoms with Crippen LogP contribution in [0.5, 0.6) is 0 Å². The number of amides is 1. The summed E-state index contributed by atoms with van der Waals surface area (Å²) in [4.78, 5) is 12.5. The van der Waals surface area contributed by atoms with E-state index >= 15 is 0 Å². The molecule has 0 aliphatic heterocycles. The SMILES string of the molecule is CCCC(C#N)(CCC)C(=O)NC(C)Cn1cccn1. The third-order valence-corrected chi connectivity index (χ3v) is 3.40. The Bertz CT molecular complexity index is 441. The topological polar surface area (TPSA) is 70.7 Å². The average Bonchev–Trinajstić information content (AvgIpc) is 2.90. The molecule has 5 heteroatoms. The van der Waals surface area contributed by atoms with E-state index in [-0.39, 0.29) is 11.9 Å². The molecule has 0 aliphatic carbocycles. The molecule has 0 fully saturated rings. The van der Waals surface area contributed by atoms with Crippen LogP contribution in [0.3, 0.4) is 0 Å². The summed E-state index contributed by atoms with van der Waals surface area (Å²) in [5, 5.41) is 16.5. The van der Waals surface area contributed by atoms with Crippen molar-refractivity contribution in [1.82, 2.24) is 15.1 Å². The van der Waals surface area contributed by atoms with Crippen LogP contribution in [0.15, 0.2) is 18.5 Å². The van der Waals surface area contributed by atoms with Crippen LogP contribution in [0.1, 0.15) is 46.5 Å². The first-order valence-corrected chi connectivity index (χ1v) is 7.27. The molecule has 0 bridgehead atoms. The third-order valence-electron chi connectivity index (χ3n) is 3.40. The Morgan fingerprint density at radius 2 is 2.10 bits per heavy atom. The van der Waals surface area contributed by atoms with Crippen molar-refractivity contribution in [1.29, 1.82) is 5.26 Å². The third kappa shape index (κ3) is 4.09. The lowest BCUT2D eigenvalue weighted by molar-refractivity contribution is -0.129. The number of nitrogens with one attached hydrogen (secondary N) is 1. The standard InChI is InChI=1S/C15H24N4O/c1-4-7-15(12-16,8-5-2)14(20)18-13(3)11-19-10-6-9-17-19/h6,9-10,13H,4-5,7-8,11H2,1-3H3,(H,18,20). The molecule has 5 nitrogen and oxygen atoms in total. The first-order chi connectivity index (χ1) is 9.57. The summed E-state index contributed by atoms with van der Waals surface area (Å²) in [5.41, 5.74) is -0.887. The van der Waals surface area contributed by atoms with Gasteiger partial charge in [-0.15, -0.1) is 0 Å². The Kier molecular flexibility index (Phi) is 6.23. The molecule has 1 unspecified atom stereocenters. The number of carbonyl (C=O) groups is 1. The Hall–Kier alpha value is -1.83. The Balaban J connectivity index is 2.68.